The van der Waals surface area contributed by atoms with E-state index in [1.807, 2.05) is 29.2 Å². The number of para-hydroxylation sites is 2. The van der Waals surface area contributed by atoms with Gasteiger partial charge in [-0.3, -0.25) is 14.4 Å². The number of carboxylic acids is 1. The minimum absolute atomic E-state index is 0.0234. The summed E-state index contributed by atoms with van der Waals surface area (Å²) in [5.41, 5.74) is 8.21. The molecular formula is C29H32FN7O4. The van der Waals surface area contributed by atoms with Gasteiger partial charge in [-0.05, 0) is 49.1 Å². The molecule has 0 amide bonds. The number of hydrogen-bond acceptors (Lipinski definition) is 8. The molecule has 1 aliphatic heterocycles. The summed E-state index contributed by atoms with van der Waals surface area (Å²) >= 11 is 0. The maximum absolute atomic E-state index is 13.5. The summed E-state index contributed by atoms with van der Waals surface area (Å²) in [6.07, 6.45) is 2.40. The molecule has 41 heavy (non-hydrogen) atoms. The number of halogens is 1. The molecule has 1 saturated heterocycles. The van der Waals surface area contributed by atoms with Crippen LogP contribution in [0.4, 0.5) is 16.3 Å². The van der Waals surface area contributed by atoms with Crippen molar-refractivity contribution in [3.63, 3.8) is 0 Å². The Morgan fingerprint density at radius 1 is 1.12 bits per heavy atom. The van der Waals surface area contributed by atoms with Gasteiger partial charge in [0.05, 0.1) is 23.6 Å². The number of rotatable bonds is 9. The van der Waals surface area contributed by atoms with Gasteiger partial charge in [0, 0.05) is 44.9 Å². The standard InChI is InChI=1S/C29H32FN7O4/c1-34(28-32-15-12-25(38)37(28)27(41)22(31)10-11-26(39)40)21-13-16-35(17-14-21)29-33-23-4-2-3-5-24(23)36(29)18-19-6-8-20(30)9-7-19/h2-9,12,15,21-22H,10-11,13-14,16-18,31H2,1H3,(H,39,40). The third kappa shape index (κ3) is 5.97. The van der Waals surface area contributed by atoms with Crippen molar-refractivity contribution in [2.75, 3.05) is 29.9 Å². The van der Waals surface area contributed by atoms with Crippen molar-refractivity contribution in [3.8, 4) is 0 Å². The molecule has 0 spiro atoms. The number of nitrogens with two attached hydrogens (primary N) is 1. The number of hydrogen-bond donors (Lipinski definition) is 2. The molecule has 0 bridgehead atoms. The second kappa shape index (κ2) is 11.9. The van der Waals surface area contributed by atoms with Crippen LogP contribution >= 0.6 is 0 Å². The summed E-state index contributed by atoms with van der Waals surface area (Å²) in [6, 6.07) is 14.4. The fourth-order valence-corrected chi connectivity index (χ4v) is 5.27. The molecule has 1 aliphatic rings. The average Bonchev–Trinajstić information content (AvgIpc) is 3.34. The van der Waals surface area contributed by atoms with Crippen molar-refractivity contribution in [1.82, 2.24) is 19.1 Å². The van der Waals surface area contributed by atoms with E-state index in [1.165, 1.54) is 24.4 Å². The Kier molecular flexibility index (Phi) is 8.11. The van der Waals surface area contributed by atoms with E-state index in [-0.39, 0.29) is 30.6 Å². The topological polar surface area (TPSA) is 140 Å². The Morgan fingerprint density at radius 3 is 2.54 bits per heavy atom. The number of aliphatic carboxylic acids is 1. The lowest BCUT2D eigenvalue weighted by molar-refractivity contribution is -0.137. The minimum Gasteiger partial charge on any atom is -0.481 e. The van der Waals surface area contributed by atoms with Gasteiger partial charge >= 0.3 is 5.97 Å². The molecular weight excluding hydrogens is 529 g/mol. The first-order valence-corrected chi connectivity index (χ1v) is 13.5. The van der Waals surface area contributed by atoms with Crippen molar-refractivity contribution in [2.45, 2.75) is 44.3 Å². The van der Waals surface area contributed by atoms with Gasteiger partial charge in [-0.15, -0.1) is 0 Å². The van der Waals surface area contributed by atoms with E-state index in [4.69, 9.17) is 15.8 Å². The fourth-order valence-electron chi connectivity index (χ4n) is 5.27. The Morgan fingerprint density at radius 2 is 1.83 bits per heavy atom. The van der Waals surface area contributed by atoms with Crippen LogP contribution in [-0.2, 0) is 11.3 Å². The van der Waals surface area contributed by atoms with E-state index in [9.17, 15) is 18.8 Å². The van der Waals surface area contributed by atoms with E-state index in [0.29, 0.717) is 32.5 Å². The first-order valence-electron chi connectivity index (χ1n) is 13.5. The first-order chi connectivity index (χ1) is 19.7. The predicted octanol–water partition coefficient (Wildman–Crippen LogP) is 2.72. The van der Waals surface area contributed by atoms with Gasteiger partial charge in [-0.1, -0.05) is 24.3 Å². The maximum Gasteiger partial charge on any atom is 0.303 e. The highest BCUT2D eigenvalue weighted by Crippen LogP contribution is 2.28. The Bertz CT molecular complexity index is 1610. The number of imidazole rings is 1. The molecule has 0 aliphatic carbocycles. The van der Waals surface area contributed by atoms with Gasteiger partial charge in [-0.25, -0.2) is 18.9 Å². The third-order valence-corrected chi connectivity index (χ3v) is 7.53. The van der Waals surface area contributed by atoms with Gasteiger partial charge < -0.3 is 25.2 Å². The quantitative estimate of drug-likeness (QED) is 0.316. The van der Waals surface area contributed by atoms with Crippen LogP contribution in [0.3, 0.4) is 0 Å². The molecule has 3 N–H and O–H groups in total. The fraction of sp³-hybridized carbons (Fsp3) is 0.345. The van der Waals surface area contributed by atoms with Crippen LogP contribution in [0.15, 0.2) is 65.6 Å². The number of nitrogens with zero attached hydrogens (tertiary/aromatic N) is 6. The second-order valence-corrected chi connectivity index (χ2v) is 10.2. The molecule has 2 aromatic carbocycles. The van der Waals surface area contributed by atoms with Gasteiger partial charge in [0.2, 0.25) is 11.9 Å². The van der Waals surface area contributed by atoms with E-state index in [1.54, 1.807) is 19.2 Å². The normalized spacial score (nSPS) is 14.8. The molecule has 1 fully saturated rings. The van der Waals surface area contributed by atoms with E-state index in [2.05, 4.69) is 14.5 Å². The van der Waals surface area contributed by atoms with Crippen LogP contribution in [0.1, 0.15) is 36.0 Å². The van der Waals surface area contributed by atoms with E-state index in [0.717, 1.165) is 27.1 Å². The van der Waals surface area contributed by atoms with Gasteiger partial charge in [0.1, 0.15) is 5.82 Å². The summed E-state index contributed by atoms with van der Waals surface area (Å²) < 4.78 is 16.6. The van der Waals surface area contributed by atoms with Gasteiger partial charge in [0.25, 0.3) is 11.5 Å². The van der Waals surface area contributed by atoms with Gasteiger partial charge in [0.15, 0.2) is 0 Å². The summed E-state index contributed by atoms with van der Waals surface area (Å²) in [4.78, 5) is 50.0. The summed E-state index contributed by atoms with van der Waals surface area (Å²) in [5.74, 6) is -1.03. The molecule has 0 saturated carbocycles. The molecule has 1 unspecified atom stereocenters. The Balaban J connectivity index is 1.35. The van der Waals surface area contributed by atoms with Crippen LogP contribution < -0.4 is 21.1 Å². The van der Waals surface area contributed by atoms with E-state index < -0.39 is 23.5 Å². The SMILES string of the molecule is CN(c1nccc(=O)n1C(=O)C(N)CCC(=O)O)C1CCN(c2nc3ccccc3n2Cc2ccc(F)cc2)CC1. The summed E-state index contributed by atoms with van der Waals surface area (Å²) in [5, 5.41) is 8.95. The zero-order valence-corrected chi connectivity index (χ0v) is 22.7. The molecule has 5 rings (SSSR count). The zero-order valence-electron chi connectivity index (χ0n) is 22.7. The highest BCUT2D eigenvalue weighted by molar-refractivity contribution is 5.86. The second-order valence-electron chi connectivity index (χ2n) is 10.2. The molecule has 214 valence electrons. The van der Waals surface area contributed by atoms with Crippen molar-refractivity contribution >= 4 is 34.8 Å². The number of carboxylic acid groups (broad SMARTS) is 1. The smallest absolute Gasteiger partial charge is 0.303 e. The molecule has 1 atom stereocenters. The number of piperidine rings is 1. The maximum atomic E-state index is 13.5. The van der Waals surface area contributed by atoms with Crippen LogP contribution in [0.25, 0.3) is 11.0 Å². The van der Waals surface area contributed by atoms with Crippen molar-refractivity contribution in [3.05, 3.63) is 82.5 Å². The number of benzene rings is 2. The Labute approximate surface area is 235 Å². The lowest BCUT2D eigenvalue weighted by Gasteiger charge is -2.38. The minimum atomic E-state index is -1.14. The number of aromatic nitrogens is 4. The average molecular weight is 562 g/mol. The number of fused-ring (bicyclic) bond motifs is 1. The Hall–Kier alpha value is -4.58. The lowest BCUT2D eigenvalue weighted by Crippen LogP contribution is -2.48. The lowest BCUT2D eigenvalue weighted by atomic mass is 10.0. The van der Waals surface area contributed by atoms with Crippen molar-refractivity contribution in [2.24, 2.45) is 5.73 Å². The van der Waals surface area contributed by atoms with Crippen LogP contribution in [0.2, 0.25) is 0 Å². The van der Waals surface area contributed by atoms with Crippen LogP contribution in [0, 0.1) is 5.82 Å². The molecule has 11 nitrogen and oxygen atoms in total. The first kappa shape index (κ1) is 28.0. The van der Waals surface area contributed by atoms with E-state index >= 15 is 0 Å². The van der Waals surface area contributed by atoms with Crippen LogP contribution in [-0.4, -0.2) is 68.3 Å². The molecule has 12 heteroatoms. The predicted molar refractivity (Wildman–Crippen MR) is 153 cm³/mol. The molecule has 0 radical (unpaired) electrons. The number of anilines is 2. The molecule has 4 aromatic rings. The number of carbonyl (C=O) groups is 2. The number of carbonyl (C=O) groups excluding carboxylic acids is 1. The zero-order chi connectivity index (χ0) is 29.1. The van der Waals surface area contributed by atoms with Gasteiger partial charge in [-0.2, -0.15) is 0 Å². The monoisotopic (exact) mass is 561 g/mol. The molecule has 3 heterocycles. The highest BCUT2D eigenvalue weighted by atomic mass is 19.1. The molecule has 2 aromatic heterocycles. The van der Waals surface area contributed by atoms with Crippen LogP contribution in [0.5, 0.6) is 0 Å². The van der Waals surface area contributed by atoms with Crippen molar-refractivity contribution in [1.29, 1.82) is 0 Å². The van der Waals surface area contributed by atoms with Crippen molar-refractivity contribution < 1.29 is 19.1 Å². The largest absolute Gasteiger partial charge is 0.481 e. The third-order valence-electron chi connectivity index (χ3n) is 7.53. The highest BCUT2D eigenvalue weighted by Gasteiger charge is 2.30. The summed E-state index contributed by atoms with van der Waals surface area (Å²) in [6.45, 7) is 1.89. The summed E-state index contributed by atoms with van der Waals surface area (Å²) in [7, 11) is 1.79.